The number of fused-ring (bicyclic) bond motifs is 1. The largest absolute Gasteiger partial charge is 0.480 e. The Balaban J connectivity index is 2.06. The first kappa shape index (κ1) is 18.4. The van der Waals surface area contributed by atoms with Crippen molar-refractivity contribution in [3.63, 3.8) is 0 Å². The number of aliphatic carboxylic acids is 1. The molecule has 1 heterocycles. The van der Waals surface area contributed by atoms with Crippen LogP contribution in [0.1, 0.15) is 29.8 Å². The Kier molecular flexibility index (Phi) is 4.61. The van der Waals surface area contributed by atoms with Crippen molar-refractivity contribution >= 4 is 23.4 Å². The maximum absolute atomic E-state index is 12.9. The normalized spacial score (nSPS) is 17.9. The van der Waals surface area contributed by atoms with Crippen molar-refractivity contribution in [1.29, 1.82) is 0 Å². The Bertz CT molecular complexity index is 950. The van der Waals surface area contributed by atoms with Gasteiger partial charge in [-0.2, -0.15) is 0 Å². The van der Waals surface area contributed by atoms with Gasteiger partial charge in [-0.3, -0.25) is 24.2 Å². The molecular formula is C20H18N2O5. The first-order valence-corrected chi connectivity index (χ1v) is 8.36. The van der Waals surface area contributed by atoms with E-state index in [1.54, 1.807) is 44.4 Å². The van der Waals surface area contributed by atoms with E-state index in [1.165, 1.54) is 0 Å². The lowest BCUT2D eigenvalue weighted by molar-refractivity contribution is -0.140. The molecule has 0 bridgehead atoms. The highest BCUT2D eigenvalue weighted by molar-refractivity contribution is 6.29. The third kappa shape index (κ3) is 3.23. The quantitative estimate of drug-likeness (QED) is 0.795. The first-order valence-electron chi connectivity index (χ1n) is 8.36. The highest BCUT2D eigenvalue weighted by atomic mass is 16.4. The molecule has 1 aliphatic rings. The molecule has 0 fully saturated rings. The average Bonchev–Trinajstić information content (AvgIpc) is 2.65. The minimum atomic E-state index is -1.56. The third-order valence-corrected chi connectivity index (χ3v) is 4.77. The fourth-order valence-electron chi connectivity index (χ4n) is 3.28. The Morgan fingerprint density at radius 2 is 1.93 bits per heavy atom. The Hall–Kier alpha value is -3.35. The number of carbonyl (C=O) groups excluding carboxylic acids is 3. The minimum absolute atomic E-state index is 0.288. The number of amides is 1. The lowest BCUT2D eigenvalue weighted by atomic mass is 9.66. The molecule has 3 rings (SSSR count). The molecule has 1 amide bonds. The zero-order valence-corrected chi connectivity index (χ0v) is 14.9. The third-order valence-electron chi connectivity index (χ3n) is 4.77. The van der Waals surface area contributed by atoms with E-state index in [2.05, 4.69) is 10.3 Å². The van der Waals surface area contributed by atoms with Gasteiger partial charge in [-0.05, 0) is 37.1 Å². The lowest BCUT2D eigenvalue weighted by Gasteiger charge is -2.34. The predicted molar refractivity (Wildman–Crippen MR) is 96.2 cm³/mol. The van der Waals surface area contributed by atoms with Gasteiger partial charge in [0.15, 0.2) is 17.5 Å². The number of ketones is 2. The van der Waals surface area contributed by atoms with Crippen LogP contribution < -0.4 is 5.32 Å². The lowest BCUT2D eigenvalue weighted by Crippen LogP contribution is -2.51. The van der Waals surface area contributed by atoms with Crippen molar-refractivity contribution in [2.75, 3.05) is 6.54 Å². The van der Waals surface area contributed by atoms with Crippen molar-refractivity contribution in [2.24, 2.45) is 5.92 Å². The summed E-state index contributed by atoms with van der Waals surface area (Å²) in [6, 6.07) is 8.80. The maximum atomic E-state index is 12.9. The van der Waals surface area contributed by atoms with Crippen LogP contribution in [0.2, 0.25) is 0 Å². The van der Waals surface area contributed by atoms with Crippen LogP contribution in [0, 0.1) is 5.92 Å². The van der Waals surface area contributed by atoms with Crippen LogP contribution in [-0.2, 0) is 19.8 Å². The Morgan fingerprint density at radius 1 is 1.19 bits per heavy atom. The predicted octanol–water partition coefficient (Wildman–Crippen LogP) is 1.61. The van der Waals surface area contributed by atoms with Crippen molar-refractivity contribution < 1.29 is 24.3 Å². The monoisotopic (exact) mass is 366 g/mol. The Morgan fingerprint density at radius 3 is 2.56 bits per heavy atom. The second-order valence-corrected chi connectivity index (χ2v) is 6.90. The summed E-state index contributed by atoms with van der Waals surface area (Å²) >= 11 is 0. The average molecular weight is 366 g/mol. The number of carboxylic acid groups (broad SMARTS) is 1. The van der Waals surface area contributed by atoms with Crippen molar-refractivity contribution in [3.8, 4) is 11.1 Å². The summed E-state index contributed by atoms with van der Waals surface area (Å²) in [5.74, 6) is -4.87. The molecule has 0 radical (unpaired) electrons. The summed E-state index contributed by atoms with van der Waals surface area (Å²) in [5.41, 5.74) is 1.32. The van der Waals surface area contributed by atoms with Crippen molar-refractivity contribution in [3.05, 3.63) is 53.9 Å². The number of carbonyl (C=O) groups is 4. The fraction of sp³-hybridized carbons (Fsp3) is 0.250. The van der Waals surface area contributed by atoms with E-state index in [0.29, 0.717) is 5.56 Å². The fourth-order valence-corrected chi connectivity index (χ4v) is 3.28. The van der Waals surface area contributed by atoms with Crippen LogP contribution in [0.25, 0.3) is 11.1 Å². The molecule has 1 atom stereocenters. The highest BCUT2D eigenvalue weighted by Gasteiger charge is 2.49. The van der Waals surface area contributed by atoms with Crippen LogP contribution in [0.5, 0.6) is 0 Å². The molecule has 27 heavy (non-hydrogen) atoms. The second-order valence-electron chi connectivity index (χ2n) is 6.90. The molecule has 138 valence electrons. The number of rotatable bonds is 4. The van der Waals surface area contributed by atoms with Gasteiger partial charge in [0.25, 0.3) is 0 Å². The number of nitrogens with zero attached hydrogens (tertiary/aromatic N) is 1. The standard InChI is InChI=1S/C20H18N2O5/c1-20(2)14-6-5-11(12-4-3-7-21-9-12)8-13(14)17(25)16(18(20)26)19(27)22-10-15(23)24/h3-9,16H,10H2,1-2H3,(H,22,27)(H,23,24). The molecule has 2 N–H and O–H groups in total. The summed E-state index contributed by atoms with van der Waals surface area (Å²) in [6.45, 7) is 2.66. The van der Waals surface area contributed by atoms with Gasteiger partial charge in [0.2, 0.25) is 5.91 Å². The van der Waals surface area contributed by atoms with E-state index >= 15 is 0 Å². The van der Waals surface area contributed by atoms with Crippen LogP contribution in [0.4, 0.5) is 0 Å². The topological polar surface area (TPSA) is 113 Å². The van der Waals surface area contributed by atoms with Gasteiger partial charge in [0, 0.05) is 23.5 Å². The molecule has 2 aromatic rings. The van der Waals surface area contributed by atoms with Gasteiger partial charge < -0.3 is 10.4 Å². The van der Waals surface area contributed by atoms with E-state index < -0.39 is 41.3 Å². The zero-order valence-electron chi connectivity index (χ0n) is 14.9. The number of hydrogen-bond acceptors (Lipinski definition) is 5. The minimum Gasteiger partial charge on any atom is -0.480 e. The van der Waals surface area contributed by atoms with Crippen LogP contribution in [0.3, 0.4) is 0 Å². The molecule has 0 saturated carbocycles. The molecule has 1 aromatic carbocycles. The number of carboxylic acids is 1. The zero-order chi connectivity index (χ0) is 19.8. The van der Waals surface area contributed by atoms with Crippen molar-refractivity contribution in [2.45, 2.75) is 19.3 Å². The summed E-state index contributed by atoms with van der Waals surface area (Å²) in [4.78, 5) is 52.9. The smallest absolute Gasteiger partial charge is 0.322 e. The molecule has 0 aliphatic heterocycles. The SMILES string of the molecule is CC1(C)C(=O)C(C(=O)NCC(=O)O)C(=O)c2cc(-c3cccnc3)ccc21. The van der Waals surface area contributed by atoms with E-state index in [-0.39, 0.29) is 5.56 Å². The van der Waals surface area contributed by atoms with Crippen molar-refractivity contribution in [1.82, 2.24) is 10.3 Å². The number of pyridine rings is 1. The van der Waals surface area contributed by atoms with Gasteiger partial charge in [-0.1, -0.05) is 18.2 Å². The van der Waals surface area contributed by atoms with Gasteiger partial charge in [-0.15, -0.1) is 0 Å². The number of aromatic nitrogens is 1. The number of nitrogens with one attached hydrogen (secondary N) is 1. The molecule has 0 spiro atoms. The van der Waals surface area contributed by atoms with E-state index in [9.17, 15) is 19.2 Å². The molecule has 1 aliphatic carbocycles. The summed E-state index contributed by atoms with van der Waals surface area (Å²) in [6.07, 6.45) is 3.29. The number of hydrogen-bond donors (Lipinski definition) is 2. The summed E-state index contributed by atoms with van der Waals surface area (Å²) in [5, 5.41) is 10.9. The van der Waals surface area contributed by atoms with E-state index in [0.717, 1.165) is 11.1 Å². The highest BCUT2D eigenvalue weighted by Crippen LogP contribution is 2.38. The molecular weight excluding hydrogens is 348 g/mol. The summed E-state index contributed by atoms with van der Waals surface area (Å²) < 4.78 is 0. The van der Waals surface area contributed by atoms with Crippen LogP contribution >= 0.6 is 0 Å². The Labute approximate surface area is 155 Å². The summed E-state index contributed by atoms with van der Waals surface area (Å²) in [7, 11) is 0. The molecule has 7 nitrogen and oxygen atoms in total. The van der Waals surface area contributed by atoms with Crippen LogP contribution in [0.15, 0.2) is 42.7 Å². The molecule has 7 heteroatoms. The molecule has 1 unspecified atom stereocenters. The number of Topliss-reactive ketones (excluding diaryl/α,β-unsaturated/α-hetero) is 2. The second kappa shape index (κ2) is 6.75. The van der Waals surface area contributed by atoms with Gasteiger partial charge in [0.1, 0.15) is 6.54 Å². The van der Waals surface area contributed by atoms with Gasteiger partial charge >= 0.3 is 5.97 Å². The van der Waals surface area contributed by atoms with E-state index in [1.807, 2.05) is 12.1 Å². The first-order chi connectivity index (χ1) is 12.7. The van der Waals surface area contributed by atoms with Gasteiger partial charge in [0.05, 0.1) is 5.41 Å². The van der Waals surface area contributed by atoms with Gasteiger partial charge in [-0.25, -0.2) is 0 Å². The van der Waals surface area contributed by atoms with E-state index in [4.69, 9.17) is 5.11 Å². The molecule has 1 aromatic heterocycles. The maximum Gasteiger partial charge on any atom is 0.322 e. The van der Waals surface area contributed by atoms with Crippen LogP contribution in [-0.4, -0.2) is 40.1 Å². The molecule has 0 saturated heterocycles. The number of benzene rings is 1.